The van der Waals surface area contributed by atoms with E-state index in [1.807, 2.05) is 12.4 Å². The highest BCUT2D eigenvalue weighted by Crippen LogP contribution is 2.24. The molecule has 0 unspecified atom stereocenters. The van der Waals surface area contributed by atoms with Crippen molar-refractivity contribution in [1.82, 2.24) is 14.9 Å². The molecule has 3 rings (SSSR count). The Balaban J connectivity index is 1.45. The van der Waals surface area contributed by atoms with Crippen molar-refractivity contribution < 1.29 is 9.53 Å². The number of imidazole rings is 1. The molecule has 0 aromatic carbocycles. The van der Waals surface area contributed by atoms with Gasteiger partial charge in [0, 0.05) is 51.0 Å². The van der Waals surface area contributed by atoms with Gasteiger partial charge in [0.05, 0.1) is 0 Å². The zero-order valence-electron chi connectivity index (χ0n) is 12.8. The highest BCUT2D eigenvalue weighted by molar-refractivity contribution is 5.78. The molecule has 1 fully saturated rings. The molecule has 2 atom stereocenters. The third-order valence-corrected chi connectivity index (χ3v) is 5.00. The van der Waals surface area contributed by atoms with Crippen LogP contribution in [-0.2, 0) is 22.5 Å². The zero-order chi connectivity index (χ0) is 14.7. The Morgan fingerprint density at radius 1 is 1.48 bits per heavy atom. The van der Waals surface area contributed by atoms with E-state index in [9.17, 15) is 4.79 Å². The maximum Gasteiger partial charge on any atom is 0.223 e. The number of nitrogens with zero attached hydrogens (tertiary/aromatic N) is 2. The molecule has 2 aliphatic heterocycles. The molecule has 0 bridgehead atoms. The van der Waals surface area contributed by atoms with Crippen LogP contribution in [0.4, 0.5) is 0 Å². The van der Waals surface area contributed by atoms with Crippen molar-refractivity contribution in [3.8, 4) is 0 Å². The number of aryl methyl sites for hydroxylation is 1. The fraction of sp³-hybridized carbons (Fsp3) is 0.750. The summed E-state index contributed by atoms with van der Waals surface area (Å²) in [4.78, 5) is 16.7. The highest BCUT2D eigenvalue weighted by Gasteiger charge is 2.27. The van der Waals surface area contributed by atoms with E-state index in [1.54, 1.807) is 0 Å². The number of rotatable bonds is 4. The molecular formula is C16H25N3O2. The van der Waals surface area contributed by atoms with Crippen molar-refractivity contribution in [2.75, 3.05) is 19.8 Å². The predicted octanol–water partition coefficient (Wildman–Crippen LogP) is 1.62. The van der Waals surface area contributed by atoms with Crippen molar-refractivity contribution >= 4 is 5.91 Å². The van der Waals surface area contributed by atoms with Crippen LogP contribution in [0.1, 0.15) is 32.0 Å². The molecule has 3 heterocycles. The summed E-state index contributed by atoms with van der Waals surface area (Å²) in [5.74, 6) is 2.45. The molecule has 116 valence electrons. The molecule has 1 aromatic rings. The first kappa shape index (κ1) is 14.6. The summed E-state index contributed by atoms with van der Waals surface area (Å²) >= 11 is 0. The largest absolute Gasteiger partial charge is 0.381 e. The Labute approximate surface area is 126 Å². The van der Waals surface area contributed by atoms with Gasteiger partial charge in [0.25, 0.3) is 0 Å². The van der Waals surface area contributed by atoms with Crippen LogP contribution in [0.3, 0.4) is 0 Å². The summed E-state index contributed by atoms with van der Waals surface area (Å²) in [6, 6.07) is 0. The van der Waals surface area contributed by atoms with Gasteiger partial charge in [-0.25, -0.2) is 4.98 Å². The molecule has 0 radical (unpaired) electrons. The van der Waals surface area contributed by atoms with Crippen LogP contribution < -0.4 is 5.32 Å². The number of hydrogen-bond acceptors (Lipinski definition) is 3. The van der Waals surface area contributed by atoms with E-state index in [0.717, 1.165) is 57.8 Å². The van der Waals surface area contributed by atoms with Crippen LogP contribution in [0.15, 0.2) is 12.4 Å². The SMILES string of the molecule is C[C@H](C(=O)NC[C@@H]1CCn2ccnc2C1)C1CCOCC1. The second-order valence-electron chi connectivity index (χ2n) is 6.38. The highest BCUT2D eigenvalue weighted by atomic mass is 16.5. The molecule has 0 aliphatic carbocycles. The average molecular weight is 291 g/mol. The van der Waals surface area contributed by atoms with Crippen LogP contribution in [0.5, 0.6) is 0 Å². The number of aromatic nitrogens is 2. The van der Waals surface area contributed by atoms with E-state index in [0.29, 0.717) is 11.8 Å². The minimum atomic E-state index is 0.0967. The third kappa shape index (κ3) is 3.46. The first-order chi connectivity index (χ1) is 10.2. The molecule has 1 N–H and O–H groups in total. The molecule has 1 aromatic heterocycles. The minimum Gasteiger partial charge on any atom is -0.381 e. The first-order valence-electron chi connectivity index (χ1n) is 8.09. The van der Waals surface area contributed by atoms with Gasteiger partial charge in [-0.1, -0.05) is 6.92 Å². The van der Waals surface area contributed by atoms with Gasteiger partial charge in [0.15, 0.2) is 0 Å². The predicted molar refractivity (Wildman–Crippen MR) is 79.8 cm³/mol. The van der Waals surface area contributed by atoms with Crippen molar-refractivity contribution in [3.63, 3.8) is 0 Å². The number of ether oxygens (including phenoxy) is 1. The Bertz CT molecular complexity index is 480. The van der Waals surface area contributed by atoms with Gasteiger partial charge in [0.1, 0.15) is 5.82 Å². The van der Waals surface area contributed by atoms with Crippen molar-refractivity contribution in [1.29, 1.82) is 0 Å². The summed E-state index contributed by atoms with van der Waals surface area (Å²) in [5, 5.41) is 3.16. The van der Waals surface area contributed by atoms with Crippen LogP contribution in [-0.4, -0.2) is 35.2 Å². The van der Waals surface area contributed by atoms with Crippen molar-refractivity contribution in [2.24, 2.45) is 17.8 Å². The minimum absolute atomic E-state index is 0.0967. The van der Waals surface area contributed by atoms with E-state index in [1.165, 1.54) is 0 Å². The molecule has 1 amide bonds. The molecule has 0 saturated carbocycles. The molecule has 2 aliphatic rings. The van der Waals surface area contributed by atoms with Gasteiger partial charge in [-0.2, -0.15) is 0 Å². The summed E-state index contributed by atoms with van der Waals surface area (Å²) < 4.78 is 7.58. The lowest BCUT2D eigenvalue weighted by Crippen LogP contribution is -2.39. The van der Waals surface area contributed by atoms with Gasteiger partial charge in [0.2, 0.25) is 5.91 Å². The normalized spacial score (nSPS) is 24.3. The van der Waals surface area contributed by atoms with Crippen LogP contribution in [0.25, 0.3) is 0 Å². The van der Waals surface area contributed by atoms with Crippen LogP contribution in [0, 0.1) is 17.8 Å². The molecule has 5 heteroatoms. The Morgan fingerprint density at radius 3 is 3.10 bits per heavy atom. The Morgan fingerprint density at radius 2 is 2.29 bits per heavy atom. The second kappa shape index (κ2) is 6.60. The molecule has 1 saturated heterocycles. The molecular weight excluding hydrogens is 266 g/mol. The van der Waals surface area contributed by atoms with Gasteiger partial charge < -0.3 is 14.6 Å². The average Bonchev–Trinajstić information content (AvgIpc) is 3.00. The van der Waals surface area contributed by atoms with E-state index in [4.69, 9.17) is 4.74 Å². The summed E-state index contributed by atoms with van der Waals surface area (Å²) in [6.07, 6.45) is 8.01. The zero-order valence-corrected chi connectivity index (χ0v) is 12.8. The van der Waals surface area contributed by atoms with Gasteiger partial charge in [-0.05, 0) is 31.1 Å². The van der Waals surface area contributed by atoms with E-state index < -0.39 is 0 Å². The first-order valence-corrected chi connectivity index (χ1v) is 8.09. The number of nitrogens with one attached hydrogen (secondary N) is 1. The third-order valence-electron chi connectivity index (χ3n) is 5.00. The number of carbonyl (C=O) groups excluding carboxylic acids is 1. The Hall–Kier alpha value is -1.36. The second-order valence-corrected chi connectivity index (χ2v) is 6.38. The van der Waals surface area contributed by atoms with Crippen molar-refractivity contribution in [3.05, 3.63) is 18.2 Å². The lowest BCUT2D eigenvalue weighted by atomic mass is 9.86. The van der Waals surface area contributed by atoms with Gasteiger partial charge >= 0.3 is 0 Å². The van der Waals surface area contributed by atoms with E-state index in [-0.39, 0.29) is 11.8 Å². The monoisotopic (exact) mass is 291 g/mol. The Kier molecular flexibility index (Phi) is 4.58. The lowest BCUT2D eigenvalue weighted by molar-refractivity contribution is -0.127. The van der Waals surface area contributed by atoms with Crippen molar-refractivity contribution in [2.45, 2.75) is 39.2 Å². The fourth-order valence-corrected chi connectivity index (χ4v) is 3.43. The molecule has 21 heavy (non-hydrogen) atoms. The summed E-state index contributed by atoms with van der Waals surface area (Å²) in [6.45, 7) is 5.45. The van der Waals surface area contributed by atoms with Crippen LogP contribution in [0.2, 0.25) is 0 Å². The molecule has 0 spiro atoms. The smallest absolute Gasteiger partial charge is 0.223 e. The number of fused-ring (bicyclic) bond motifs is 1. The van der Waals surface area contributed by atoms with Crippen LogP contribution >= 0.6 is 0 Å². The maximum atomic E-state index is 12.3. The maximum absolute atomic E-state index is 12.3. The fourth-order valence-electron chi connectivity index (χ4n) is 3.43. The molecule has 5 nitrogen and oxygen atoms in total. The summed E-state index contributed by atoms with van der Waals surface area (Å²) in [5.41, 5.74) is 0. The van der Waals surface area contributed by atoms with Gasteiger partial charge in [-0.3, -0.25) is 4.79 Å². The number of carbonyl (C=O) groups is 1. The van der Waals surface area contributed by atoms with Gasteiger partial charge in [-0.15, -0.1) is 0 Å². The van der Waals surface area contributed by atoms with E-state index in [2.05, 4.69) is 21.8 Å². The van der Waals surface area contributed by atoms with E-state index >= 15 is 0 Å². The quantitative estimate of drug-likeness (QED) is 0.917. The summed E-state index contributed by atoms with van der Waals surface area (Å²) in [7, 11) is 0. The topological polar surface area (TPSA) is 56.2 Å². The number of hydrogen-bond donors (Lipinski definition) is 1. The lowest BCUT2D eigenvalue weighted by Gasteiger charge is -2.28. The standard InChI is InChI=1S/C16H25N3O2/c1-12(14-3-8-21-9-4-14)16(20)18-11-13-2-6-19-7-5-17-15(19)10-13/h5,7,12-14H,2-4,6,8-11H2,1H3,(H,18,20)/t12-,13+/m0/s1. The number of amides is 1.